The van der Waals surface area contributed by atoms with Crippen LogP contribution in [0, 0.1) is 0 Å². The fraction of sp³-hybridized carbons (Fsp3) is 0.429. The second-order valence-corrected chi connectivity index (χ2v) is 9.19. The van der Waals surface area contributed by atoms with Gasteiger partial charge in [-0.2, -0.15) is 0 Å². The third-order valence-electron chi connectivity index (χ3n) is 5.51. The number of piperazine rings is 1. The van der Waals surface area contributed by atoms with Gasteiger partial charge in [-0.05, 0) is 47.7 Å². The number of rotatable bonds is 5. The average molecular weight is 480 g/mol. The minimum Gasteiger partial charge on any atom is -0.375 e. The molecule has 26 heavy (non-hydrogen) atoms. The van der Waals surface area contributed by atoms with E-state index < -0.39 is 0 Å². The molecule has 5 heteroatoms. The van der Waals surface area contributed by atoms with Crippen molar-refractivity contribution in [1.82, 2.24) is 10.2 Å². The molecular weight excluding hydrogens is 456 g/mol. The van der Waals surface area contributed by atoms with E-state index in [0.717, 1.165) is 54.6 Å². The number of benzene rings is 2. The summed E-state index contributed by atoms with van der Waals surface area (Å²) in [6, 6.07) is 15.2. The van der Waals surface area contributed by atoms with Gasteiger partial charge in [-0.15, -0.1) is 0 Å². The molecule has 0 spiro atoms. The number of nitrogens with one attached hydrogen (secondary N) is 1. The summed E-state index contributed by atoms with van der Waals surface area (Å²) in [6.45, 7) is 5.74. The molecule has 0 unspecified atom stereocenters. The van der Waals surface area contributed by atoms with Crippen LogP contribution in [-0.4, -0.2) is 43.2 Å². The van der Waals surface area contributed by atoms with Gasteiger partial charge >= 0.3 is 0 Å². The van der Waals surface area contributed by atoms with Gasteiger partial charge in [0.15, 0.2) is 0 Å². The Morgan fingerprint density at radius 2 is 1.58 bits per heavy atom. The van der Waals surface area contributed by atoms with Crippen LogP contribution in [0.5, 0.6) is 0 Å². The predicted molar refractivity (Wildman–Crippen MR) is 113 cm³/mol. The molecule has 2 aromatic rings. The second-order valence-electron chi connectivity index (χ2n) is 7.35. The molecule has 1 fully saturated rings. The van der Waals surface area contributed by atoms with Crippen molar-refractivity contribution < 1.29 is 4.74 Å². The lowest BCUT2D eigenvalue weighted by atomic mass is 9.93. The average Bonchev–Trinajstić information content (AvgIpc) is 3.01. The predicted octanol–water partition coefficient (Wildman–Crippen LogP) is 4.17. The third-order valence-corrected chi connectivity index (χ3v) is 6.42. The summed E-state index contributed by atoms with van der Waals surface area (Å²) < 4.78 is 8.46. The summed E-state index contributed by atoms with van der Waals surface area (Å²) in [5.41, 5.74) is 4.26. The number of nitrogens with zero attached hydrogens (tertiary/aromatic N) is 1. The van der Waals surface area contributed by atoms with Gasteiger partial charge in [-0.1, -0.05) is 56.1 Å². The van der Waals surface area contributed by atoms with Crippen molar-refractivity contribution in [3.63, 3.8) is 0 Å². The van der Waals surface area contributed by atoms with E-state index in [9.17, 15) is 0 Å². The van der Waals surface area contributed by atoms with Crippen molar-refractivity contribution in [2.75, 3.05) is 32.8 Å². The van der Waals surface area contributed by atoms with Crippen molar-refractivity contribution in [2.45, 2.75) is 25.0 Å². The summed E-state index contributed by atoms with van der Waals surface area (Å²) in [5, 5.41) is 3.48. The monoisotopic (exact) mass is 478 g/mol. The zero-order valence-electron chi connectivity index (χ0n) is 14.8. The maximum Gasteiger partial charge on any atom is 0.0718 e. The van der Waals surface area contributed by atoms with Gasteiger partial charge in [0.05, 0.1) is 18.8 Å². The molecule has 1 N–H and O–H groups in total. The van der Waals surface area contributed by atoms with Crippen LogP contribution in [0.15, 0.2) is 51.4 Å². The van der Waals surface area contributed by atoms with E-state index >= 15 is 0 Å². The molecule has 0 bridgehead atoms. The molecular formula is C21H24Br2N2O. The molecule has 4 rings (SSSR count). The first-order valence-corrected chi connectivity index (χ1v) is 10.8. The van der Waals surface area contributed by atoms with Crippen molar-refractivity contribution in [2.24, 2.45) is 0 Å². The van der Waals surface area contributed by atoms with Gasteiger partial charge in [0.2, 0.25) is 0 Å². The quantitative estimate of drug-likeness (QED) is 0.696. The lowest BCUT2D eigenvalue weighted by molar-refractivity contribution is -0.0158. The van der Waals surface area contributed by atoms with E-state index in [1.165, 1.54) is 16.7 Å². The third kappa shape index (κ3) is 4.07. The topological polar surface area (TPSA) is 24.5 Å². The van der Waals surface area contributed by atoms with Crippen LogP contribution < -0.4 is 5.32 Å². The van der Waals surface area contributed by atoms with Crippen LogP contribution in [0.25, 0.3) is 0 Å². The molecule has 3 nitrogen and oxygen atoms in total. The first kappa shape index (κ1) is 18.6. The molecule has 0 atom stereocenters. The van der Waals surface area contributed by atoms with Crippen LogP contribution >= 0.6 is 31.9 Å². The highest BCUT2D eigenvalue weighted by Crippen LogP contribution is 2.35. The number of hydrogen-bond donors (Lipinski definition) is 1. The smallest absolute Gasteiger partial charge is 0.0718 e. The summed E-state index contributed by atoms with van der Waals surface area (Å²) in [7, 11) is 0. The number of halogens is 2. The molecule has 1 heterocycles. The zero-order chi connectivity index (χ0) is 18.0. The van der Waals surface area contributed by atoms with Crippen molar-refractivity contribution in [3.8, 4) is 0 Å². The first-order chi connectivity index (χ1) is 12.6. The van der Waals surface area contributed by atoms with E-state index in [-0.39, 0.29) is 5.54 Å². The van der Waals surface area contributed by atoms with Gasteiger partial charge in [0.1, 0.15) is 0 Å². The van der Waals surface area contributed by atoms with Gasteiger partial charge in [-0.3, -0.25) is 4.90 Å². The molecule has 0 aromatic heterocycles. The van der Waals surface area contributed by atoms with Crippen molar-refractivity contribution >= 4 is 31.9 Å². The Bertz CT molecular complexity index is 729. The van der Waals surface area contributed by atoms with E-state index in [4.69, 9.17) is 4.74 Å². The molecule has 1 aliphatic carbocycles. The van der Waals surface area contributed by atoms with Gasteiger partial charge in [-0.25, -0.2) is 0 Å². The zero-order valence-corrected chi connectivity index (χ0v) is 18.0. The van der Waals surface area contributed by atoms with Gasteiger partial charge < -0.3 is 10.1 Å². The van der Waals surface area contributed by atoms with E-state index in [0.29, 0.717) is 6.61 Å². The number of ether oxygens (including phenoxy) is 1. The van der Waals surface area contributed by atoms with E-state index in [1.54, 1.807) is 0 Å². The standard InChI is InChI=1S/C21H24Br2N2O/c22-19-9-16(10-20(23)11-19)14-26-15-21(25-7-5-24-6-8-25)12-17-3-1-2-4-18(17)13-21/h1-4,9-11,24H,5-8,12-15H2. The molecule has 138 valence electrons. The lowest BCUT2D eigenvalue weighted by Gasteiger charge is -2.43. The minimum absolute atomic E-state index is 0.0923. The summed E-state index contributed by atoms with van der Waals surface area (Å²) >= 11 is 7.13. The van der Waals surface area contributed by atoms with E-state index in [2.05, 4.69) is 84.5 Å². The highest BCUT2D eigenvalue weighted by Gasteiger charge is 2.42. The van der Waals surface area contributed by atoms with Crippen LogP contribution in [0.3, 0.4) is 0 Å². The molecule has 1 saturated heterocycles. The Kier molecular flexibility index (Phi) is 5.81. The van der Waals surface area contributed by atoms with Gasteiger partial charge in [0.25, 0.3) is 0 Å². The second kappa shape index (κ2) is 8.11. The largest absolute Gasteiger partial charge is 0.375 e. The minimum atomic E-state index is 0.0923. The number of hydrogen-bond acceptors (Lipinski definition) is 3. The highest BCUT2D eigenvalue weighted by molar-refractivity contribution is 9.11. The SMILES string of the molecule is Brc1cc(Br)cc(COCC2(N3CCNCC3)Cc3ccccc3C2)c1. The summed E-state index contributed by atoms with van der Waals surface area (Å²) in [5.74, 6) is 0. The Labute approximate surface area is 172 Å². The summed E-state index contributed by atoms with van der Waals surface area (Å²) in [4.78, 5) is 2.65. The lowest BCUT2D eigenvalue weighted by Crippen LogP contribution is -2.59. The maximum atomic E-state index is 6.30. The van der Waals surface area contributed by atoms with Crippen molar-refractivity contribution in [1.29, 1.82) is 0 Å². The normalized spacial score (nSPS) is 19.5. The van der Waals surface area contributed by atoms with Crippen LogP contribution in [-0.2, 0) is 24.2 Å². The fourth-order valence-corrected chi connectivity index (χ4v) is 5.67. The Morgan fingerprint density at radius 1 is 0.962 bits per heavy atom. The Balaban J connectivity index is 1.49. The van der Waals surface area contributed by atoms with Crippen LogP contribution in [0.2, 0.25) is 0 Å². The van der Waals surface area contributed by atoms with Crippen LogP contribution in [0.1, 0.15) is 16.7 Å². The maximum absolute atomic E-state index is 6.30. The molecule has 0 saturated carbocycles. The fourth-order valence-electron chi connectivity index (χ4n) is 4.28. The van der Waals surface area contributed by atoms with E-state index in [1.807, 2.05) is 0 Å². The molecule has 2 aliphatic rings. The Hall–Kier alpha value is -0.720. The number of fused-ring (bicyclic) bond motifs is 1. The van der Waals surface area contributed by atoms with Gasteiger partial charge in [0, 0.05) is 35.1 Å². The molecule has 2 aromatic carbocycles. The summed E-state index contributed by atoms with van der Waals surface area (Å²) in [6.07, 6.45) is 2.18. The molecule has 0 amide bonds. The molecule has 0 radical (unpaired) electrons. The first-order valence-electron chi connectivity index (χ1n) is 9.20. The highest BCUT2D eigenvalue weighted by atomic mass is 79.9. The van der Waals surface area contributed by atoms with Crippen LogP contribution in [0.4, 0.5) is 0 Å². The molecule has 1 aliphatic heterocycles. The Morgan fingerprint density at radius 3 is 2.19 bits per heavy atom. The van der Waals surface area contributed by atoms with Crippen molar-refractivity contribution in [3.05, 3.63) is 68.1 Å².